The van der Waals surface area contributed by atoms with E-state index in [0.29, 0.717) is 12.5 Å². The van der Waals surface area contributed by atoms with Gasteiger partial charge >= 0.3 is 0 Å². The zero-order valence-corrected chi connectivity index (χ0v) is 20.3. The summed E-state index contributed by atoms with van der Waals surface area (Å²) in [6.45, 7) is 7.18. The van der Waals surface area contributed by atoms with Crippen LogP contribution in [0.5, 0.6) is 5.75 Å². The second-order valence-electron chi connectivity index (χ2n) is 9.94. The summed E-state index contributed by atoms with van der Waals surface area (Å²) in [5.74, 6) is 1.69. The van der Waals surface area contributed by atoms with Crippen LogP contribution in [0.1, 0.15) is 51.0 Å². The minimum atomic E-state index is -0.343. The molecule has 7 nitrogen and oxygen atoms in total. The standard InChI is InChI=1S/C26H40N4O3/c1-20(31)30-19-23(16-25(30)26(32)28-13-11-27-12-14-28)29(17-21-7-4-3-5-8-21)18-22-9-6-10-24(15-22)33-2/h6,9-10,15,21,23,25,27H,3-5,7-8,11-14,16-19H2,1-2H3. The fourth-order valence-electron chi connectivity index (χ4n) is 5.81. The molecule has 2 amide bonds. The van der Waals surface area contributed by atoms with Crippen molar-refractivity contribution in [2.45, 2.75) is 64.1 Å². The quantitative estimate of drug-likeness (QED) is 0.683. The van der Waals surface area contributed by atoms with Gasteiger partial charge in [0, 0.05) is 58.8 Å². The van der Waals surface area contributed by atoms with Crippen LogP contribution in [0.15, 0.2) is 24.3 Å². The molecule has 0 bridgehead atoms. The van der Waals surface area contributed by atoms with Crippen LogP contribution >= 0.6 is 0 Å². The van der Waals surface area contributed by atoms with Crippen molar-refractivity contribution in [1.82, 2.24) is 20.0 Å². The number of nitrogens with one attached hydrogen (secondary N) is 1. The highest BCUT2D eigenvalue weighted by Gasteiger charge is 2.42. The number of benzene rings is 1. The van der Waals surface area contributed by atoms with Crippen LogP contribution in [-0.2, 0) is 16.1 Å². The molecule has 1 aromatic carbocycles. The van der Waals surface area contributed by atoms with Gasteiger partial charge in [-0.1, -0.05) is 31.4 Å². The lowest BCUT2D eigenvalue weighted by molar-refractivity contribution is -0.143. The monoisotopic (exact) mass is 456 g/mol. The van der Waals surface area contributed by atoms with Crippen molar-refractivity contribution in [3.8, 4) is 5.75 Å². The minimum Gasteiger partial charge on any atom is -0.497 e. The van der Waals surface area contributed by atoms with Crippen LogP contribution in [0.25, 0.3) is 0 Å². The first-order chi connectivity index (χ1) is 16.0. The Labute approximate surface area is 198 Å². The van der Waals surface area contributed by atoms with Gasteiger partial charge < -0.3 is 19.9 Å². The van der Waals surface area contributed by atoms with Crippen molar-refractivity contribution in [1.29, 1.82) is 0 Å². The van der Waals surface area contributed by atoms with Gasteiger partial charge in [-0.05, 0) is 42.9 Å². The normalized spacial score (nSPS) is 24.3. The second-order valence-corrected chi connectivity index (χ2v) is 9.94. The molecule has 0 radical (unpaired) electrons. The van der Waals surface area contributed by atoms with Crippen molar-refractivity contribution in [2.75, 3.05) is 46.4 Å². The molecular weight excluding hydrogens is 416 g/mol. The van der Waals surface area contributed by atoms with Crippen molar-refractivity contribution < 1.29 is 14.3 Å². The maximum atomic E-state index is 13.4. The Kier molecular flexibility index (Phi) is 8.25. The molecule has 33 heavy (non-hydrogen) atoms. The van der Waals surface area contributed by atoms with Crippen LogP contribution in [0, 0.1) is 5.92 Å². The molecular formula is C26H40N4O3. The first-order valence-electron chi connectivity index (χ1n) is 12.7. The lowest BCUT2D eigenvalue weighted by atomic mass is 9.88. The van der Waals surface area contributed by atoms with Gasteiger partial charge in [-0.2, -0.15) is 0 Å². The van der Waals surface area contributed by atoms with Gasteiger partial charge in [0.25, 0.3) is 0 Å². The maximum Gasteiger partial charge on any atom is 0.245 e. The summed E-state index contributed by atoms with van der Waals surface area (Å²) in [5, 5.41) is 3.31. The molecule has 2 heterocycles. The molecule has 182 valence electrons. The summed E-state index contributed by atoms with van der Waals surface area (Å²) in [4.78, 5) is 32.2. The predicted octanol–water partition coefficient (Wildman–Crippen LogP) is 2.50. The number of hydrogen-bond acceptors (Lipinski definition) is 5. The summed E-state index contributed by atoms with van der Waals surface area (Å²) in [7, 11) is 1.70. The number of carbonyl (C=O) groups is 2. The fourth-order valence-corrected chi connectivity index (χ4v) is 5.81. The van der Waals surface area contributed by atoms with E-state index in [0.717, 1.165) is 51.4 Å². The van der Waals surface area contributed by atoms with Crippen LogP contribution < -0.4 is 10.1 Å². The third-order valence-electron chi connectivity index (χ3n) is 7.65. The van der Waals surface area contributed by atoms with E-state index >= 15 is 0 Å². The van der Waals surface area contributed by atoms with E-state index in [1.165, 1.54) is 37.7 Å². The largest absolute Gasteiger partial charge is 0.497 e. The Morgan fingerprint density at radius 3 is 2.61 bits per heavy atom. The molecule has 3 aliphatic rings. The average Bonchev–Trinajstić information content (AvgIpc) is 3.30. The van der Waals surface area contributed by atoms with Crippen LogP contribution in [-0.4, -0.2) is 85.0 Å². The lowest BCUT2D eigenvalue weighted by Crippen LogP contribution is -2.53. The van der Waals surface area contributed by atoms with Crippen LogP contribution in [0.4, 0.5) is 0 Å². The molecule has 1 saturated carbocycles. The number of amides is 2. The summed E-state index contributed by atoms with van der Waals surface area (Å²) >= 11 is 0. The fraction of sp³-hybridized carbons (Fsp3) is 0.692. The number of rotatable bonds is 7. The van der Waals surface area contributed by atoms with E-state index in [1.807, 2.05) is 21.9 Å². The highest BCUT2D eigenvalue weighted by atomic mass is 16.5. The molecule has 2 unspecified atom stereocenters. The first kappa shape index (κ1) is 24.0. The number of piperazine rings is 1. The number of ether oxygens (including phenoxy) is 1. The maximum absolute atomic E-state index is 13.4. The van der Waals surface area contributed by atoms with Crippen molar-refractivity contribution in [2.24, 2.45) is 5.92 Å². The Bertz CT molecular complexity index is 804. The minimum absolute atomic E-state index is 0.00461. The van der Waals surface area contributed by atoms with Gasteiger partial charge in [0.1, 0.15) is 11.8 Å². The molecule has 4 rings (SSSR count). The van der Waals surface area contributed by atoms with Gasteiger partial charge in [-0.3, -0.25) is 14.5 Å². The predicted molar refractivity (Wildman–Crippen MR) is 129 cm³/mol. The molecule has 2 aliphatic heterocycles. The zero-order valence-electron chi connectivity index (χ0n) is 20.3. The average molecular weight is 457 g/mol. The number of nitrogens with zero attached hydrogens (tertiary/aromatic N) is 3. The van der Waals surface area contributed by atoms with E-state index in [2.05, 4.69) is 22.3 Å². The lowest BCUT2D eigenvalue weighted by Gasteiger charge is -2.34. The molecule has 7 heteroatoms. The van der Waals surface area contributed by atoms with Gasteiger partial charge in [0.05, 0.1) is 7.11 Å². The molecule has 1 aliphatic carbocycles. The molecule has 0 aromatic heterocycles. The Balaban J connectivity index is 1.52. The third kappa shape index (κ3) is 6.07. The molecule has 1 aromatic rings. The number of methoxy groups -OCH3 is 1. The molecule has 2 saturated heterocycles. The van der Waals surface area contributed by atoms with Crippen molar-refractivity contribution in [3.63, 3.8) is 0 Å². The summed E-state index contributed by atoms with van der Waals surface area (Å²) in [6.07, 6.45) is 7.24. The van der Waals surface area contributed by atoms with Gasteiger partial charge in [0.15, 0.2) is 0 Å². The Morgan fingerprint density at radius 1 is 1.15 bits per heavy atom. The van der Waals surface area contributed by atoms with Crippen molar-refractivity contribution in [3.05, 3.63) is 29.8 Å². The first-order valence-corrected chi connectivity index (χ1v) is 12.7. The molecule has 0 spiro atoms. The second kappa shape index (κ2) is 11.3. The van der Waals surface area contributed by atoms with E-state index < -0.39 is 0 Å². The topological polar surface area (TPSA) is 65.1 Å². The highest BCUT2D eigenvalue weighted by Crippen LogP contribution is 2.30. The summed E-state index contributed by atoms with van der Waals surface area (Å²) < 4.78 is 5.45. The number of likely N-dealkylation sites (tertiary alicyclic amines) is 1. The van der Waals surface area contributed by atoms with Crippen LogP contribution in [0.3, 0.4) is 0 Å². The van der Waals surface area contributed by atoms with E-state index in [1.54, 1.807) is 14.0 Å². The molecule has 2 atom stereocenters. The third-order valence-corrected chi connectivity index (χ3v) is 7.65. The Morgan fingerprint density at radius 2 is 1.91 bits per heavy atom. The smallest absolute Gasteiger partial charge is 0.245 e. The highest BCUT2D eigenvalue weighted by molar-refractivity contribution is 5.87. The number of carbonyl (C=O) groups excluding carboxylic acids is 2. The van der Waals surface area contributed by atoms with Gasteiger partial charge in [-0.15, -0.1) is 0 Å². The van der Waals surface area contributed by atoms with E-state index in [9.17, 15) is 9.59 Å². The van der Waals surface area contributed by atoms with E-state index in [-0.39, 0.29) is 23.9 Å². The summed E-state index contributed by atoms with van der Waals surface area (Å²) in [6, 6.07) is 8.13. The van der Waals surface area contributed by atoms with Crippen molar-refractivity contribution >= 4 is 11.8 Å². The van der Waals surface area contributed by atoms with Gasteiger partial charge in [-0.25, -0.2) is 0 Å². The SMILES string of the molecule is COc1cccc(CN(CC2CCCCC2)C2CC(C(=O)N3CCNCC3)N(C(C)=O)C2)c1. The van der Waals surface area contributed by atoms with Crippen LogP contribution in [0.2, 0.25) is 0 Å². The number of hydrogen-bond donors (Lipinski definition) is 1. The van der Waals surface area contributed by atoms with E-state index in [4.69, 9.17) is 4.74 Å². The summed E-state index contributed by atoms with van der Waals surface area (Å²) in [5.41, 5.74) is 1.22. The molecule has 3 fully saturated rings. The molecule has 1 N–H and O–H groups in total. The van der Waals surface area contributed by atoms with Gasteiger partial charge in [0.2, 0.25) is 11.8 Å². The zero-order chi connectivity index (χ0) is 23.2. The Hall–Kier alpha value is -2.12.